The zero-order valence-electron chi connectivity index (χ0n) is 11.7. The van der Waals surface area contributed by atoms with Crippen LogP contribution in [0, 0.1) is 18.8 Å². The molecular formula is C14H22N4O. The van der Waals surface area contributed by atoms with E-state index in [0.29, 0.717) is 17.8 Å². The summed E-state index contributed by atoms with van der Waals surface area (Å²) in [7, 11) is 1.65. The lowest BCUT2D eigenvalue weighted by atomic mass is 9.79. The molecule has 2 heterocycles. The van der Waals surface area contributed by atoms with Gasteiger partial charge < -0.3 is 15.4 Å². The minimum absolute atomic E-state index is 0.383. The maximum absolute atomic E-state index is 6.07. The quantitative estimate of drug-likeness (QED) is 0.871. The van der Waals surface area contributed by atoms with E-state index in [9.17, 15) is 0 Å². The van der Waals surface area contributed by atoms with Crippen molar-refractivity contribution in [1.29, 1.82) is 0 Å². The molecular weight excluding hydrogens is 240 g/mol. The molecule has 2 aliphatic rings. The lowest BCUT2D eigenvalue weighted by molar-refractivity contribution is 0.271. The second-order valence-electron chi connectivity index (χ2n) is 5.85. The number of anilines is 1. The Morgan fingerprint density at radius 3 is 2.84 bits per heavy atom. The van der Waals surface area contributed by atoms with Crippen molar-refractivity contribution in [2.45, 2.75) is 32.2 Å². The predicted octanol–water partition coefficient (Wildman–Crippen LogP) is 1.36. The van der Waals surface area contributed by atoms with Gasteiger partial charge in [0.25, 0.3) is 0 Å². The number of aryl methyl sites for hydroxylation is 1. The number of nitrogens with zero attached hydrogens (tertiary/aromatic N) is 3. The van der Waals surface area contributed by atoms with E-state index in [-0.39, 0.29) is 0 Å². The molecule has 2 fully saturated rings. The van der Waals surface area contributed by atoms with Gasteiger partial charge in [-0.3, -0.25) is 0 Å². The average molecular weight is 262 g/mol. The maximum atomic E-state index is 6.07. The Kier molecular flexibility index (Phi) is 3.31. The number of ether oxygens (including phenoxy) is 1. The number of nitrogens with two attached hydrogens (primary N) is 1. The van der Waals surface area contributed by atoms with E-state index in [1.807, 2.05) is 13.0 Å². The average Bonchev–Trinajstić information content (AvgIpc) is 2.80. The number of hydrogen-bond donors (Lipinski definition) is 1. The maximum Gasteiger partial charge on any atom is 0.228 e. The number of hydrogen-bond acceptors (Lipinski definition) is 5. The Bertz CT molecular complexity index is 465. The number of methoxy groups -OCH3 is 1. The molecule has 2 N–H and O–H groups in total. The summed E-state index contributed by atoms with van der Waals surface area (Å²) in [4.78, 5) is 11.3. The first kappa shape index (κ1) is 12.7. The molecule has 3 atom stereocenters. The molecule has 1 aromatic rings. The summed E-state index contributed by atoms with van der Waals surface area (Å²) in [6, 6.07) is 2.25. The first-order valence-corrected chi connectivity index (χ1v) is 7.06. The zero-order valence-corrected chi connectivity index (χ0v) is 11.7. The largest absolute Gasteiger partial charge is 0.481 e. The van der Waals surface area contributed by atoms with Gasteiger partial charge in [0, 0.05) is 30.9 Å². The van der Waals surface area contributed by atoms with Gasteiger partial charge in [-0.2, -0.15) is 4.98 Å². The van der Waals surface area contributed by atoms with Crippen molar-refractivity contribution >= 4 is 5.95 Å². The molecule has 0 radical (unpaired) electrons. The van der Waals surface area contributed by atoms with Crippen molar-refractivity contribution in [1.82, 2.24) is 9.97 Å². The normalized spacial score (nSPS) is 30.3. The van der Waals surface area contributed by atoms with Crippen molar-refractivity contribution in [3.8, 4) is 5.88 Å². The molecule has 1 saturated heterocycles. The number of rotatable bonds is 2. The van der Waals surface area contributed by atoms with Crippen LogP contribution in [0.25, 0.3) is 0 Å². The topological polar surface area (TPSA) is 64.3 Å². The monoisotopic (exact) mass is 262 g/mol. The molecule has 1 aliphatic carbocycles. The molecule has 0 aromatic carbocycles. The van der Waals surface area contributed by atoms with Crippen LogP contribution in [0.5, 0.6) is 5.88 Å². The fourth-order valence-corrected chi connectivity index (χ4v) is 3.40. The van der Waals surface area contributed by atoms with Gasteiger partial charge in [0.1, 0.15) is 0 Å². The molecule has 104 valence electrons. The highest BCUT2D eigenvalue weighted by molar-refractivity contribution is 5.36. The molecule has 1 aliphatic heterocycles. The summed E-state index contributed by atoms with van der Waals surface area (Å²) in [5.74, 6) is 2.92. The van der Waals surface area contributed by atoms with Crippen molar-refractivity contribution in [3.05, 3.63) is 11.8 Å². The van der Waals surface area contributed by atoms with Crippen LogP contribution in [-0.4, -0.2) is 36.2 Å². The first-order valence-electron chi connectivity index (χ1n) is 7.06. The minimum Gasteiger partial charge on any atom is -0.481 e. The van der Waals surface area contributed by atoms with Crippen molar-refractivity contribution < 1.29 is 4.74 Å². The van der Waals surface area contributed by atoms with Crippen LogP contribution in [0.4, 0.5) is 5.95 Å². The molecule has 5 nitrogen and oxygen atoms in total. The standard InChI is InChI=1S/C14H22N4O/c1-9-5-13(19-2)17-14(16-9)18-7-10-3-4-12(15)6-11(10)8-18/h5,10-12H,3-4,6-8,15H2,1-2H3/t10-,11+,12?/m1/s1. The van der Waals surface area contributed by atoms with Gasteiger partial charge in [0.05, 0.1) is 7.11 Å². The van der Waals surface area contributed by atoms with E-state index in [0.717, 1.165) is 43.5 Å². The van der Waals surface area contributed by atoms with Gasteiger partial charge in [-0.1, -0.05) is 0 Å². The molecule has 1 unspecified atom stereocenters. The highest BCUT2D eigenvalue weighted by atomic mass is 16.5. The van der Waals surface area contributed by atoms with E-state index < -0.39 is 0 Å². The third kappa shape index (κ3) is 2.52. The van der Waals surface area contributed by atoms with Gasteiger partial charge in [-0.05, 0) is 38.0 Å². The zero-order chi connectivity index (χ0) is 13.4. The van der Waals surface area contributed by atoms with Gasteiger partial charge in [0.2, 0.25) is 11.8 Å². The fraction of sp³-hybridized carbons (Fsp3) is 0.714. The van der Waals surface area contributed by atoms with Crippen molar-refractivity contribution in [3.63, 3.8) is 0 Å². The first-order chi connectivity index (χ1) is 9.15. The summed E-state index contributed by atoms with van der Waals surface area (Å²) in [6.07, 6.45) is 3.54. The van der Waals surface area contributed by atoms with Gasteiger partial charge in [0.15, 0.2) is 0 Å². The van der Waals surface area contributed by atoms with Crippen LogP contribution in [0.15, 0.2) is 6.07 Å². The Morgan fingerprint density at radius 2 is 2.05 bits per heavy atom. The molecule has 0 bridgehead atoms. The van der Waals surface area contributed by atoms with Crippen molar-refractivity contribution in [2.75, 3.05) is 25.1 Å². The van der Waals surface area contributed by atoms with Crippen LogP contribution in [-0.2, 0) is 0 Å². The van der Waals surface area contributed by atoms with Gasteiger partial charge in [-0.15, -0.1) is 0 Å². The minimum atomic E-state index is 0.383. The fourth-order valence-electron chi connectivity index (χ4n) is 3.40. The van der Waals surface area contributed by atoms with E-state index in [2.05, 4.69) is 14.9 Å². The molecule has 0 spiro atoms. The SMILES string of the molecule is COc1cc(C)nc(N2C[C@H]3CCC(N)C[C@H]3C2)n1. The van der Waals surface area contributed by atoms with Crippen LogP contribution >= 0.6 is 0 Å². The Morgan fingerprint density at radius 1 is 1.26 bits per heavy atom. The second-order valence-corrected chi connectivity index (χ2v) is 5.85. The molecule has 5 heteroatoms. The van der Waals surface area contributed by atoms with Crippen LogP contribution in [0.1, 0.15) is 25.0 Å². The lowest BCUT2D eigenvalue weighted by Gasteiger charge is -2.27. The Balaban J connectivity index is 1.78. The molecule has 19 heavy (non-hydrogen) atoms. The highest BCUT2D eigenvalue weighted by Gasteiger charge is 2.37. The van der Waals surface area contributed by atoms with Crippen LogP contribution < -0.4 is 15.4 Å². The van der Waals surface area contributed by atoms with E-state index in [1.54, 1.807) is 7.11 Å². The van der Waals surface area contributed by atoms with Crippen LogP contribution in [0.3, 0.4) is 0 Å². The second kappa shape index (κ2) is 4.96. The van der Waals surface area contributed by atoms with E-state index in [4.69, 9.17) is 10.5 Å². The van der Waals surface area contributed by atoms with E-state index >= 15 is 0 Å². The van der Waals surface area contributed by atoms with Crippen LogP contribution in [0.2, 0.25) is 0 Å². The predicted molar refractivity (Wildman–Crippen MR) is 74.3 cm³/mol. The summed E-state index contributed by atoms with van der Waals surface area (Å²) in [5.41, 5.74) is 7.03. The number of aromatic nitrogens is 2. The van der Waals surface area contributed by atoms with Crippen molar-refractivity contribution in [2.24, 2.45) is 17.6 Å². The summed E-state index contributed by atoms with van der Waals surface area (Å²) in [5, 5.41) is 0. The number of fused-ring (bicyclic) bond motifs is 1. The summed E-state index contributed by atoms with van der Waals surface area (Å²) >= 11 is 0. The smallest absolute Gasteiger partial charge is 0.228 e. The Hall–Kier alpha value is -1.36. The third-order valence-electron chi connectivity index (χ3n) is 4.40. The molecule has 3 rings (SSSR count). The van der Waals surface area contributed by atoms with E-state index in [1.165, 1.54) is 6.42 Å². The molecule has 1 saturated carbocycles. The summed E-state index contributed by atoms with van der Waals surface area (Å²) < 4.78 is 5.23. The van der Waals surface area contributed by atoms with Gasteiger partial charge >= 0.3 is 0 Å². The molecule has 1 aromatic heterocycles. The highest BCUT2D eigenvalue weighted by Crippen LogP contribution is 2.37. The van der Waals surface area contributed by atoms with Gasteiger partial charge in [-0.25, -0.2) is 4.98 Å². The third-order valence-corrected chi connectivity index (χ3v) is 4.40. The lowest BCUT2D eigenvalue weighted by Crippen LogP contribution is -2.32. The summed E-state index contributed by atoms with van der Waals surface area (Å²) in [6.45, 7) is 4.07. The Labute approximate surface area is 114 Å². The molecule has 0 amide bonds.